The van der Waals surface area contributed by atoms with Gasteiger partial charge in [-0.15, -0.1) is 0 Å². The number of hydrogen-bond acceptors (Lipinski definition) is 3. The summed E-state index contributed by atoms with van der Waals surface area (Å²) in [5.74, 6) is -0.920. The molecule has 1 N–H and O–H groups in total. The number of rotatable bonds is 2. The lowest BCUT2D eigenvalue weighted by Gasteiger charge is -2.16. The Labute approximate surface area is 116 Å². The predicted molar refractivity (Wildman–Crippen MR) is 65.7 cm³/mol. The molecule has 0 saturated heterocycles. The summed E-state index contributed by atoms with van der Waals surface area (Å²) in [5.41, 5.74) is 0.911. The normalized spacial score (nSPS) is 13.5. The van der Waals surface area contributed by atoms with Gasteiger partial charge in [0.2, 0.25) is 0 Å². The van der Waals surface area contributed by atoms with Crippen LogP contribution in [0.25, 0.3) is 5.65 Å². The number of carbonyl (C=O) groups excluding carboxylic acids is 1. The van der Waals surface area contributed by atoms with Crippen LogP contribution in [-0.4, -0.2) is 32.7 Å². The predicted octanol–water partition coefficient (Wildman–Crippen LogP) is 2.37. The van der Waals surface area contributed by atoms with Crippen LogP contribution >= 0.6 is 11.6 Å². The molecule has 0 aliphatic heterocycles. The number of nitrogens with zero attached hydrogens (tertiary/aromatic N) is 3. The summed E-state index contributed by atoms with van der Waals surface area (Å²) < 4.78 is 38.4. The molecule has 9 heteroatoms. The Morgan fingerprint density at radius 1 is 1.50 bits per heavy atom. The lowest BCUT2D eigenvalue weighted by Crippen LogP contribution is -2.43. The molecule has 2 rings (SSSR count). The number of fused-ring (bicyclic) bond motifs is 1. The standard InChI is InChI=1S/C11H10ClF3N4O/c1-5-3-8(12)18-19-7(4-16-9(5)19)10(20)17-6(2)11(13,14)15/h3-4,6H,1-2H3,(H,17,20)/t6-/m1/s1. The van der Waals surface area contributed by atoms with Gasteiger partial charge in [0.15, 0.2) is 11.3 Å². The van der Waals surface area contributed by atoms with Crippen molar-refractivity contribution in [2.75, 3.05) is 0 Å². The number of imidazole rings is 1. The Hall–Kier alpha value is -1.83. The van der Waals surface area contributed by atoms with Crippen molar-refractivity contribution in [3.05, 3.63) is 28.7 Å². The maximum absolute atomic E-state index is 12.4. The molecule has 0 bridgehead atoms. The minimum Gasteiger partial charge on any atom is -0.339 e. The van der Waals surface area contributed by atoms with Crippen LogP contribution < -0.4 is 5.32 Å². The van der Waals surface area contributed by atoms with E-state index in [9.17, 15) is 18.0 Å². The highest BCUT2D eigenvalue weighted by molar-refractivity contribution is 6.29. The third kappa shape index (κ3) is 2.69. The maximum atomic E-state index is 12.4. The number of aromatic nitrogens is 3. The summed E-state index contributed by atoms with van der Waals surface area (Å²) in [6.45, 7) is 2.56. The summed E-state index contributed by atoms with van der Waals surface area (Å²) in [7, 11) is 0. The summed E-state index contributed by atoms with van der Waals surface area (Å²) in [6, 6.07) is -0.426. The van der Waals surface area contributed by atoms with E-state index in [0.717, 1.165) is 17.6 Å². The molecule has 1 atom stereocenters. The van der Waals surface area contributed by atoms with Gasteiger partial charge in [0, 0.05) is 0 Å². The van der Waals surface area contributed by atoms with Crippen molar-refractivity contribution in [3.8, 4) is 0 Å². The average molecular weight is 307 g/mol. The Balaban J connectivity index is 2.36. The van der Waals surface area contributed by atoms with Gasteiger partial charge >= 0.3 is 6.18 Å². The molecule has 20 heavy (non-hydrogen) atoms. The molecule has 0 spiro atoms. The molecule has 0 unspecified atom stereocenters. The highest BCUT2D eigenvalue weighted by atomic mass is 35.5. The summed E-state index contributed by atoms with van der Waals surface area (Å²) in [4.78, 5) is 15.8. The molecule has 108 valence electrons. The summed E-state index contributed by atoms with van der Waals surface area (Å²) in [6.07, 6.45) is -3.36. The van der Waals surface area contributed by atoms with E-state index in [1.807, 2.05) is 5.32 Å². The number of amides is 1. The number of hydrogen-bond donors (Lipinski definition) is 1. The SMILES string of the molecule is Cc1cc(Cl)nn2c(C(=O)N[C@H](C)C(F)(F)F)cnc12. The Morgan fingerprint density at radius 2 is 2.15 bits per heavy atom. The molecule has 2 aromatic heterocycles. The van der Waals surface area contributed by atoms with Crippen molar-refractivity contribution in [2.24, 2.45) is 0 Å². The lowest BCUT2D eigenvalue weighted by molar-refractivity contribution is -0.149. The van der Waals surface area contributed by atoms with Crippen molar-refractivity contribution in [1.82, 2.24) is 19.9 Å². The zero-order valence-electron chi connectivity index (χ0n) is 10.5. The van der Waals surface area contributed by atoms with Gasteiger partial charge in [-0.3, -0.25) is 4.79 Å². The number of aryl methyl sites for hydroxylation is 1. The molecular weight excluding hydrogens is 297 g/mol. The number of carbonyl (C=O) groups is 1. The molecule has 0 aromatic carbocycles. The Morgan fingerprint density at radius 3 is 2.75 bits per heavy atom. The minimum absolute atomic E-state index is 0.110. The number of halogens is 4. The van der Waals surface area contributed by atoms with Crippen LogP contribution in [0.1, 0.15) is 23.0 Å². The van der Waals surface area contributed by atoms with Crippen molar-refractivity contribution < 1.29 is 18.0 Å². The summed E-state index contributed by atoms with van der Waals surface area (Å²) in [5, 5.41) is 5.83. The minimum atomic E-state index is -4.52. The van der Waals surface area contributed by atoms with E-state index in [-0.39, 0.29) is 10.8 Å². The van der Waals surface area contributed by atoms with Gasteiger partial charge in [0.1, 0.15) is 11.2 Å². The number of nitrogens with one attached hydrogen (secondary N) is 1. The van der Waals surface area contributed by atoms with E-state index in [0.29, 0.717) is 11.2 Å². The molecule has 0 aliphatic rings. The summed E-state index contributed by atoms with van der Waals surface area (Å²) >= 11 is 5.76. The highest BCUT2D eigenvalue weighted by Gasteiger charge is 2.37. The fraction of sp³-hybridized carbons (Fsp3) is 0.364. The van der Waals surface area contributed by atoms with Gasteiger partial charge in [0.25, 0.3) is 5.91 Å². The molecule has 0 radical (unpaired) electrons. The topological polar surface area (TPSA) is 59.3 Å². The van der Waals surface area contributed by atoms with Gasteiger partial charge in [0.05, 0.1) is 6.20 Å². The van der Waals surface area contributed by atoms with Crippen LogP contribution in [0.2, 0.25) is 5.15 Å². The quantitative estimate of drug-likeness (QED) is 0.926. The third-order valence-electron chi connectivity index (χ3n) is 2.69. The van der Waals surface area contributed by atoms with Crippen molar-refractivity contribution in [3.63, 3.8) is 0 Å². The average Bonchev–Trinajstić information content (AvgIpc) is 2.71. The molecule has 1 amide bonds. The zero-order valence-corrected chi connectivity index (χ0v) is 11.2. The smallest absolute Gasteiger partial charge is 0.339 e. The molecule has 0 aliphatic carbocycles. The van der Waals surface area contributed by atoms with Gasteiger partial charge in [-0.1, -0.05) is 11.6 Å². The van der Waals surface area contributed by atoms with Crippen molar-refractivity contribution in [2.45, 2.75) is 26.1 Å². The van der Waals surface area contributed by atoms with E-state index in [2.05, 4.69) is 10.1 Å². The molecular formula is C11H10ClF3N4O. The first-order valence-electron chi connectivity index (χ1n) is 5.58. The monoisotopic (exact) mass is 306 g/mol. The van der Waals surface area contributed by atoms with Crippen LogP contribution in [0.15, 0.2) is 12.3 Å². The van der Waals surface area contributed by atoms with Crippen LogP contribution in [0.5, 0.6) is 0 Å². The second-order valence-electron chi connectivity index (χ2n) is 4.27. The fourth-order valence-electron chi connectivity index (χ4n) is 1.59. The fourth-order valence-corrected chi connectivity index (χ4v) is 1.83. The second-order valence-corrected chi connectivity index (χ2v) is 4.65. The van der Waals surface area contributed by atoms with Crippen LogP contribution in [0.4, 0.5) is 13.2 Å². The molecule has 2 aromatic rings. The van der Waals surface area contributed by atoms with Gasteiger partial charge < -0.3 is 5.32 Å². The molecule has 0 saturated carbocycles. The van der Waals surface area contributed by atoms with E-state index in [1.165, 1.54) is 0 Å². The number of alkyl halides is 3. The van der Waals surface area contributed by atoms with Crippen molar-refractivity contribution >= 4 is 23.2 Å². The first kappa shape index (κ1) is 14.6. The van der Waals surface area contributed by atoms with Gasteiger partial charge in [-0.2, -0.15) is 18.3 Å². The van der Waals surface area contributed by atoms with Crippen molar-refractivity contribution in [1.29, 1.82) is 0 Å². The Kier molecular flexibility index (Phi) is 3.59. The Bertz CT molecular complexity index is 667. The third-order valence-corrected chi connectivity index (χ3v) is 2.88. The molecule has 0 fully saturated rings. The van der Waals surface area contributed by atoms with E-state index >= 15 is 0 Å². The second kappa shape index (κ2) is 4.93. The van der Waals surface area contributed by atoms with E-state index in [4.69, 9.17) is 11.6 Å². The first-order chi connectivity index (χ1) is 9.20. The van der Waals surface area contributed by atoms with E-state index in [1.54, 1.807) is 13.0 Å². The maximum Gasteiger partial charge on any atom is 0.408 e. The zero-order chi connectivity index (χ0) is 15.1. The van der Waals surface area contributed by atoms with E-state index < -0.39 is 18.1 Å². The van der Waals surface area contributed by atoms with Crippen LogP contribution in [0.3, 0.4) is 0 Å². The molecule has 2 heterocycles. The first-order valence-corrected chi connectivity index (χ1v) is 5.96. The van der Waals surface area contributed by atoms with Gasteiger partial charge in [-0.05, 0) is 25.5 Å². The van der Waals surface area contributed by atoms with Crippen LogP contribution in [0, 0.1) is 6.92 Å². The molecule has 5 nitrogen and oxygen atoms in total. The largest absolute Gasteiger partial charge is 0.408 e. The highest BCUT2D eigenvalue weighted by Crippen LogP contribution is 2.20. The van der Waals surface area contributed by atoms with Crippen LogP contribution in [-0.2, 0) is 0 Å². The lowest BCUT2D eigenvalue weighted by atomic mass is 10.3. The van der Waals surface area contributed by atoms with Gasteiger partial charge in [-0.25, -0.2) is 9.50 Å².